The van der Waals surface area contributed by atoms with Gasteiger partial charge in [0.2, 0.25) is 0 Å². The molecular formula is C14H26N2OS. The number of hydrogen-bond donors (Lipinski definition) is 1. The summed E-state index contributed by atoms with van der Waals surface area (Å²) in [5.41, 5.74) is 1.44. The van der Waals surface area contributed by atoms with Crippen molar-refractivity contribution in [2.24, 2.45) is 0 Å². The van der Waals surface area contributed by atoms with Crippen molar-refractivity contribution in [2.75, 3.05) is 39.9 Å². The van der Waals surface area contributed by atoms with Gasteiger partial charge in [-0.05, 0) is 49.2 Å². The molecule has 0 spiro atoms. The van der Waals surface area contributed by atoms with E-state index >= 15 is 0 Å². The summed E-state index contributed by atoms with van der Waals surface area (Å²) in [5.74, 6) is 0. The Kier molecular flexibility index (Phi) is 8.25. The molecule has 0 saturated heterocycles. The van der Waals surface area contributed by atoms with Gasteiger partial charge in [0.25, 0.3) is 0 Å². The molecule has 3 nitrogen and oxygen atoms in total. The van der Waals surface area contributed by atoms with Gasteiger partial charge in [-0.2, -0.15) is 11.3 Å². The first-order valence-electron chi connectivity index (χ1n) is 6.69. The van der Waals surface area contributed by atoms with Crippen LogP contribution in [-0.2, 0) is 11.2 Å². The second kappa shape index (κ2) is 9.50. The fourth-order valence-corrected chi connectivity index (χ4v) is 2.56. The zero-order chi connectivity index (χ0) is 13.2. The Balaban J connectivity index is 2.07. The van der Waals surface area contributed by atoms with E-state index in [-0.39, 0.29) is 0 Å². The maximum Gasteiger partial charge on any atom is 0.0589 e. The molecule has 0 aromatic carbocycles. The minimum Gasteiger partial charge on any atom is -0.383 e. The second-order valence-corrected chi connectivity index (χ2v) is 5.53. The zero-order valence-electron chi connectivity index (χ0n) is 11.8. The van der Waals surface area contributed by atoms with Gasteiger partial charge in [-0.25, -0.2) is 0 Å². The predicted molar refractivity (Wildman–Crippen MR) is 79.5 cm³/mol. The maximum absolute atomic E-state index is 5.14. The third kappa shape index (κ3) is 6.50. The topological polar surface area (TPSA) is 24.5 Å². The van der Waals surface area contributed by atoms with Crippen LogP contribution in [0.3, 0.4) is 0 Å². The molecule has 0 bridgehead atoms. The van der Waals surface area contributed by atoms with Crippen LogP contribution in [0.5, 0.6) is 0 Å². The minimum atomic E-state index is 0.582. The molecule has 0 aliphatic carbocycles. The Morgan fingerprint density at radius 2 is 2.17 bits per heavy atom. The van der Waals surface area contributed by atoms with E-state index in [9.17, 15) is 0 Å². The summed E-state index contributed by atoms with van der Waals surface area (Å²) < 4.78 is 5.14. The van der Waals surface area contributed by atoms with Crippen molar-refractivity contribution in [1.82, 2.24) is 10.2 Å². The molecule has 0 fully saturated rings. The van der Waals surface area contributed by atoms with Crippen molar-refractivity contribution in [3.63, 3.8) is 0 Å². The Morgan fingerprint density at radius 3 is 2.78 bits per heavy atom. The maximum atomic E-state index is 5.14. The SMILES string of the molecule is COCCN(CCNCCc1ccsc1)C(C)C. The first-order valence-corrected chi connectivity index (χ1v) is 7.63. The van der Waals surface area contributed by atoms with E-state index in [1.807, 2.05) is 0 Å². The molecular weight excluding hydrogens is 244 g/mol. The van der Waals surface area contributed by atoms with Crippen LogP contribution >= 0.6 is 11.3 Å². The fraction of sp³-hybridized carbons (Fsp3) is 0.714. The van der Waals surface area contributed by atoms with Crippen molar-refractivity contribution in [2.45, 2.75) is 26.3 Å². The monoisotopic (exact) mass is 270 g/mol. The highest BCUT2D eigenvalue weighted by Gasteiger charge is 2.07. The lowest BCUT2D eigenvalue weighted by molar-refractivity contribution is 0.130. The largest absolute Gasteiger partial charge is 0.383 e. The summed E-state index contributed by atoms with van der Waals surface area (Å²) >= 11 is 1.77. The highest BCUT2D eigenvalue weighted by Crippen LogP contribution is 2.05. The van der Waals surface area contributed by atoms with E-state index in [0.29, 0.717) is 6.04 Å². The number of methoxy groups -OCH3 is 1. The fourth-order valence-electron chi connectivity index (χ4n) is 1.85. The number of rotatable bonds is 10. The van der Waals surface area contributed by atoms with E-state index in [1.165, 1.54) is 5.56 Å². The van der Waals surface area contributed by atoms with Gasteiger partial charge in [-0.3, -0.25) is 4.90 Å². The Bertz CT molecular complexity index is 288. The van der Waals surface area contributed by atoms with Crippen molar-refractivity contribution in [1.29, 1.82) is 0 Å². The minimum absolute atomic E-state index is 0.582. The molecule has 1 aromatic heterocycles. The number of nitrogens with one attached hydrogen (secondary N) is 1. The first-order chi connectivity index (χ1) is 8.74. The van der Waals surface area contributed by atoms with Gasteiger partial charge < -0.3 is 10.1 Å². The van der Waals surface area contributed by atoms with E-state index in [0.717, 1.165) is 39.2 Å². The van der Waals surface area contributed by atoms with Crippen LogP contribution < -0.4 is 5.32 Å². The van der Waals surface area contributed by atoms with Crippen molar-refractivity contribution in [3.8, 4) is 0 Å². The molecule has 0 unspecified atom stereocenters. The molecule has 0 aliphatic rings. The molecule has 18 heavy (non-hydrogen) atoms. The van der Waals surface area contributed by atoms with Gasteiger partial charge >= 0.3 is 0 Å². The van der Waals surface area contributed by atoms with Crippen LogP contribution in [0, 0.1) is 0 Å². The van der Waals surface area contributed by atoms with Crippen LogP contribution in [0.1, 0.15) is 19.4 Å². The lowest BCUT2D eigenvalue weighted by Gasteiger charge is -2.26. The summed E-state index contributed by atoms with van der Waals surface area (Å²) in [6.07, 6.45) is 1.13. The van der Waals surface area contributed by atoms with E-state index < -0.39 is 0 Å². The van der Waals surface area contributed by atoms with Crippen LogP contribution in [-0.4, -0.2) is 50.8 Å². The molecule has 0 aliphatic heterocycles. The van der Waals surface area contributed by atoms with Crippen LogP contribution in [0.25, 0.3) is 0 Å². The van der Waals surface area contributed by atoms with Gasteiger partial charge in [-0.1, -0.05) is 0 Å². The van der Waals surface area contributed by atoms with E-state index in [2.05, 4.69) is 40.9 Å². The van der Waals surface area contributed by atoms with E-state index in [1.54, 1.807) is 18.4 Å². The zero-order valence-corrected chi connectivity index (χ0v) is 12.6. The van der Waals surface area contributed by atoms with Gasteiger partial charge in [0.15, 0.2) is 0 Å². The molecule has 0 amide bonds. The average Bonchev–Trinajstić information content (AvgIpc) is 2.85. The smallest absolute Gasteiger partial charge is 0.0589 e. The molecule has 1 heterocycles. The van der Waals surface area contributed by atoms with Gasteiger partial charge in [-0.15, -0.1) is 0 Å². The molecule has 104 valence electrons. The molecule has 0 atom stereocenters. The number of ether oxygens (including phenoxy) is 1. The third-order valence-corrected chi connectivity index (χ3v) is 3.79. The summed E-state index contributed by atoms with van der Waals surface area (Å²) in [6.45, 7) is 9.50. The molecule has 0 radical (unpaired) electrons. The quantitative estimate of drug-likeness (QED) is 0.660. The lowest BCUT2D eigenvalue weighted by Crippen LogP contribution is -2.39. The Morgan fingerprint density at radius 1 is 1.33 bits per heavy atom. The number of hydrogen-bond acceptors (Lipinski definition) is 4. The molecule has 1 N–H and O–H groups in total. The van der Waals surface area contributed by atoms with E-state index in [4.69, 9.17) is 4.74 Å². The van der Waals surface area contributed by atoms with Gasteiger partial charge in [0, 0.05) is 32.8 Å². The highest BCUT2D eigenvalue weighted by molar-refractivity contribution is 7.07. The third-order valence-electron chi connectivity index (χ3n) is 3.06. The summed E-state index contributed by atoms with van der Waals surface area (Å²) in [4.78, 5) is 2.45. The predicted octanol–water partition coefficient (Wildman–Crippen LogP) is 2.24. The van der Waals surface area contributed by atoms with Gasteiger partial charge in [0.1, 0.15) is 0 Å². The Hall–Kier alpha value is -0.420. The summed E-state index contributed by atoms with van der Waals surface area (Å²) in [7, 11) is 1.76. The second-order valence-electron chi connectivity index (χ2n) is 4.75. The van der Waals surface area contributed by atoms with Crippen LogP contribution in [0.15, 0.2) is 16.8 Å². The highest BCUT2D eigenvalue weighted by atomic mass is 32.1. The van der Waals surface area contributed by atoms with Gasteiger partial charge in [0.05, 0.1) is 6.61 Å². The standard InChI is InChI=1S/C14H26N2OS/c1-13(2)16(9-10-17-3)8-7-15-6-4-14-5-11-18-12-14/h5,11-13,15H,4,6-10H2,1-3H3. The molecule has 1 rings (SSSR count). The van der Waals surface area contributed by atoms with Crippen molar-refractivity contribution < 1.29 is 4.74 Å². The summed E-state index contributed by atoms with van der Waals surface area (Å²) in [6, 6.07) is 2.78. The lowest BCUT2D eigenvalue weighted by atomic mass is 10.2. The van der Waals surface area contributed by atoms with Crippen LogP contribution in [0.4, 0.5) is 0 Å². The Labute approximate surface area is 115 Å². The number of thiophene rings is 1. The first kappa shape index (κ1) is 15.6. The van der Waals surface area contributed by atoms with Crippen molar-refractivity contribution >= 4 is 11.3 Å². The normalized spacial score (nSPS) is 11.6. The van der Waals surface area contributed by atoms with Crippen LogP contribution in [0.2, 0.25) is 0 Å². The number of nitrogens with zero attached hydrogens (tertiary/aromatic N) is 1. The average molecular weight is 270 g/mol. The van der Waals surface area contributed by atoms with Crippen molar-refractivity contribution in [3.05, 3.63) is 22.4 Å². The molecule has 4 heteroatoms. The molecule has 0 saturated carbocycles. The molecule has 1 aromatic rings. The summed E-state index contributed by atoms with van der Waals surface area (Å²) in [5, 5.41) is 7.87.